The van der Waals surface area contributed by atoms with Gasteiger partial charge in [-0.05, 0) is 24.1 Å². The molecule has 1 aromatic carbocycles. The number of carbonyl (C=O) groups excluding carboxylic acids is 1. The predicted molar refractivity (Wildman–Crippen MR) is 75.6 cm³/mol. The van der Waals surface area contributed by atoms with Crippen molar-refractivity contribution >= 4 is 15.9 Å². The Morgan fingerprint density at radius 2 is 1.90 bits per heavy atom. The summed E-state index contributed by atoms with van der Waals surface area (Å²) in [4.78, 5) is 11.2. The van der Waals surface area contributed by atoms with E-state index in [1.807, 2.05) is 6.92 Å². The normalized spacial score (nSPS) is 11.8. The van der Waals surface area contributed by atoms with Gasteiger partial charge < -0.3 is 10.5 Å². The minimum absolute atomic E-state index is 0.0807. The van der Waals surface area contributed by atoms with Crippen LogP contribution in [0, 0.1) is 0 Å². The summed E-state index contributed by atoms with van der Waals surface area (Å²) >= 11 is 0. The minimum Gasteiger partial charge on any atom is -0.383 e. The number of amides is 1. The van der Waals surface area contributed by atoms with Crippen molar-refractivity contribution in [1.29, 1.82) is 0 Å². The lowest BCUT2D eigenvalue weighted by Crippen LogP contribution is -2.40. The number of sulfonamides is 1. The molecule has 112 valence electrons. The van der Waals surface area contributed by atoms with Crippen molar-refractivity contribution in [2.24, 2.45) is 5.73 Å². The van der Waals surface area contributed by atoms with Gasteiger partial charge in [-0.2, -0.15) is 4.31 Å². The number of rotatable bonds is 8. The highest BCUT2D eigenvalue weighted by molar-refractivity contribution is 7.89. The van der Waals surface area contributed by atoms with E-state index in [1.165, 1.54) is 19.2 Å². The highest BCUT2D eigenvalue weighted by Gasteiger charge is 2.25. The molecule has 6 nitrogen and oxygen atoms in total. The summed E-state index contributed by atoms with van der Waals surface area (Å²) in [6.07, 6.45) is 0.828. The van der Waals surface area contributed by atoms with Crippen LogP contribution in [-0.4, -0.2) is 45.4 Å². The first-order valence-corrected chi connectivity index (χ1v) is 7.72. The minimum atomic E-state index is -3.74. The third-order valence-corrected chi connectivity index (χ3v) is 4.71. The van der Waals surface area contributed by atoms with Crippen molar-refractivity contribution in [3.8, 4) is 0 Å². The molecule has 2 N–H and O–H groups in total. The zero-order chi connectivity index (χ0) is 15.2. The first kappa shape index (κ1) is 16.6. The molecule has 0 atom stereocenters. The van der Waals surface area contributed by atoms with E-state index >= 15 is 0 Å². The van der Waals surface area contributed by atoms with Gasteiger partial charge in [0.2, 0.25) is 15.9 Å². The molecule has 0 spiro atoms. The molecule has 1 amide bonds. The largest absolute Gasteiger partial charge is 0.383 e. The van der Waals surface area contributed by atoms with Gasteiger partial charge >= 0.3 is 0 Å². The molecule has 0 saturated heterocycles. The molecule has 0 aromatic heterocycles. The molecule has 0 heterocycles. The Morgan fingerprint density at radius 3 is 2.35 bits per heavy atom. The number of hydrogen-bond acceptors (Lipinski definition) is 4. The third kappa shape index (κ3) is 4.29. The van der Waals surface area contributed by atoms with Crippen LogP contribution in [0.25, 0.3) is 0 Å². The average molecular weight is 300 g/mol. The first-order valence-electron chi connectivity index (χ1n) is 6.28. The lowest BCUT2D eigenvalue weighted by Gasteiger charge is -2.20. The second-order valence-corrected chi connectivity index (χ2v) is 6.23. The molecule has 1 aromatic rings. The molecule has 0 radical (unpaired) electrons. The Hall–Kier alpha value is -1.44. The van der Waals surface area contributed by atoms with Crippen molar-refractivity contribution in [2.45, 2.75) is 18.2 Å². The molecule has 0 bridgehead atoms. The van der Waals surface area contributed by atoms with Crippen LogP contribution < -0.4 is 5.73 Å². The Balaban J connectivity index is 3.03. The maximum atomic E-state index is 12.4. The third-order valence-electron chi connectivity index (χ3n) is 2.85. The van der Waals surface area contributed by atoms with E-state index in [0.717, 1.165) is 16.3 Å². The van der Waals surface area contributed by atoms with Gasteiger partial charge in [-0.25, -0.2) is 8.42 Å². The molecule has 0 aliphatic rings. The number of hydrogen-bond donors (Lipinski definition) is 1. The number of aryl methyl sites for hydroxylation is 1. The predicted octanol–water partition coefficient (Wildman–Crippen LogP) is 0.371. The second kappa shape index (κ2) is 7.37. The smallest absolute Gasteiger partial charge is 0.243 e. The summed E-state index contributed by atoms with van der Waals surface area (Å²) < 4.78 is 30.8. The lowest BCUT2D eigenvalue weighted by atomic mass is 10.2. The van der Waals surface area contributed by atoms with Gasteiger partial charge in [0.15, 0.2) is 0 Å². The van der Waals surface area contributed by atoms with Crippen LogP contribution in [-0.2, 0) is 26.0 Å². The van der Waals surface area contributed by atoms with Crippen molar-refractivity contribution < 1.29 is 17.9 Å². The van der Waals surface area contributed by atoms with E-state index in [-0.39, 0.29) is 24.6 Å². The average Bonchev–Trinajstić information content (AvgIpc) is 2.43. The summed E-state index contributed by atoms with van der Waals surface area (Å²) in [5, 5.41) is 0. The van der Waals surface area contributed by atoms with Gasteiger partial charge in [0.05, 0.1) is 18.0 Å². The van der Waals surface area contributed by atoms with Gasteiger partial charge in [0, 0.05) is 13.7 Å². The van der Waals surface area contributed by atoms with E-state index in [0.29, 0.717) is 0 Å². The van der Waals surface area contributed by atoms with Gasteiger partial charge in [-0.1, -0.05) is 19.1 Å². The fourth-order valence-electron chi connectivity index (χ4n) is 1.70. The summed E-state index contributed by atoms with van der Waals surface area (Å²) in [6.45, 7) is 1.90. The van der Waals surface area contributed by atoms with Gasteiger partial charge in [-0.3, -0.25) is 4.79 Å². The van der Waals surface area contributed by atoms with Crippen LogP contribution >= 0.6 is 0 Å². The van der Waals surface area contributed by atoms with Crippen molar-refractivity contribution in [3.63, 3.8) is 0 Å². The van der Waals surface area contributed by atoms with Crippen LogP contribution in [0.2, 0.25) is 0 Å². The maximum Gasteiger partial charge on any atom is 0.243 e. The number of nitrogens with two attached hydrogens (primary N) is 1. The molecule has 0 fully saturated rings. The standard InChI is InChI=1S/C13H20N2O4S/c1-3-11-4-6-12(7-5-11)20(17,18)15(8-9-19-2)10-13(14)16/h4-7H,3,8-10H2,1-2H3,(H2,14,16). The molecule has 0 unspecified atom stereocenters. The van der Waals surface area contributed by atoms with E-state index in [9.17, 15) is 13.2 Å². The molecule has 0 aliphatic heterocycles. The number of methoxy groups -OCH3 is 1. The fourth-order valence-corrected chi connectivity index (χ4v) is 3.09. The van der Waals surface area contributed by atoms with Crippen LogP contribution in [0.1, 0.15) is 12.5 Å². The topological polar surface area (TPSA) is 89.7 Å². The SMILES string of the molecule is CCc1ccc(S(=O)(=O)N(CCOC)CC(N)=O)cc1. The summed E-state index contributed by atoms with van der Waals surface area (Å²) in [6, 6.07) is 6.58. The number of carbonyl (C=O) groups is 1. The molecule has 0 aliphatic carbocycles. The number of primary amides is 1. The molecule has 0 saturated carbocycles. The molecular weight excluding hydrogens is 280 g/mol. The number of benzene rings is 1. The van der Waals surface area contributed by atoms with Crippen molar-refractivity contribution in [3.05, 3.63) is 29.8 Å². The molecular formula is C13H20N2O4S. The van der Waals surface area contributed by atoms with Gasteiger partial charge in [0.1, 0.15) is 0 Å². The Morgan fingerprint density at radius 1 is 1.30 bits per heavy atom. The Bertz CT molecular complexity index is 540. The summed E-state index contributed by atoms with van der Waals surface area (Å²) in [5.74, 6) is -0.699. The zero-order valence-corrected chi connectivity index (χ0v) is 12.5. The molecule has 1 rings (SSSR count). The maximum absolute atomic E-state index is 12.4. The highest BCUT2D eigenvalue weighted by Crippen LogP contribution is 2.16. The Labute approximate surface area is 119 Å². The molecule has 7 heteroatoms. The summed E-state index contributed by atoms with van der Waals surface area (Å²) in [7, 11) is -2.28. The summed E-state index contributed by atoms with van der Waals surface area (Å²) in [5.41, 5.74) is 6.14. The monoisotopic (exact) mass is 300 g/mol. The van der Waals surface area contributed by atoms with Crippen LogP contribution in [0.4, 0.5) is 0 Å². The van der Waals surface area contributed by atoms with E-state index in [2.05, 4.69) is 0 Å². The first-order chi connectivity index (χ1) is 9.41. The number of nitrogens with zero attached hydrogens (tertiary/aromatic N) is 1. The van der Waals surface area contributed by atoms with E-state index in [4.69, 9.17) is 10.5 Å². The fraction of sp³-hybridized carbons (Fsp3) is 0.462. The zero-order valence-electron chi connectivity index (χ0n) is 11.7. The lowest BCUT2D eigenvalue weighted by molar-refractivity contribution is -0.118. The van der Waals surface area contributed by atoms with Crippen molar-refractivity contribution in [1.82, 2.24) is 4.31 Å². The quantitative estimate of drug-likeness (QED) is 0.751. The molecule has 20 heavy (non-hydrogen) atoms. The van der Waals surface area contributed by atoms with Crippen LogP contribution in [0.5, 0.6) is 0 Å². The van der Waals surface area contributed by atoms with Crippen LogP contribution in [0.3, 0.4) is 0 Å². The van der Waals surface area contributed by atoms with E-state index in [1.54, 1.807) is 12.1 Å². The van der Waals surface area contributed by atoms with Gasteiger partial charge in [-0.15, -0.1) is 0 Å². The van der Waals surface area contributed by atoms with E-state index < -0.39 is 15.9 Å². The van der Waals surface area contributed by atoms with Crippen molar-refractivity contribution in [2.75, 3.05) is 26.8 Å². The Kier molecular flexibility index (Phi) is 6.12. The number of ether oxygens (including phenoxy) is 1. The van der Waals surface area contributed by atoms with Crippen LogP contribution in [0.15, 0.2) is 29.2 Å². The highest BCUT2D eigenvalue weighted by atomic mass is 32.2. The second-order valence-electron chi connectivity index (χ2n) is 4.30. The van der Waals surface area contributed by atoms with Gasteiger partial charge in [0.25, 0.3) is 0 Å².